The maximum Gasteiger partial charge on any atom is 0.315 e. The molecule has 0 aliphatic carbocycles. The third kappa shape index (κ3) is 3.02. The second-order valence-electron chi connectivity index (χ2n) is 6.84. The molecule has 3 atom stereocenters. The maximum absolute atomic E-state index is 12.5. The molecule has 5 nitrogen and oxygen atoms in total. The number of nitrogens with zero attached hydrogens (tertiary/aromatic N) is 1. The Hall–Kier alpha value is -1.75. The van der Waals surface area contributed by atoms with Crippen LogP contribution in [0.5, 0.6) is 5.75 Å². The number of para-hydroxylation sites is 1. The van der Waals surface area contributed by atoms with Crippen molar-refractivity contribution in [3.8, 4) is 5.75 Å². The van der Waals surface area contributed by atoms with Gasteiger partial charge in [0.05, 0.1) is 12.6 Å². The normalized spacial score (nSPS) is 30.0. The number of ether oxygens (including phenoxy) is 1. The quantitative estimate of drug-likeness (QED) is 0.881. The molecule has 0 saturated carbocycles. The van der Waals surface area contributed by atoms with Gasteiger partial charge in [0.15, 0.2) is 0 Å². The molecule has 1 aromatic rings. The number of urea groups is 1. The zero-order chi connectivity index (χ0) is 15.6. The molecule has 4 rings (SSSR count). The predicted octanol–water partition coefficient (Wildman–Crippen LogP) is 2.44. The van der Waals surface area contributed by atoms with Crippen molar-refractivity contribution in [3.63, 3.8) is 0 Å². The number of hydrogen-bond acceptors (Lipinski definition) is 3. The fourth-order valence-corrected chi connectivity index (χ4v) is 4.28. The largest absolute Gasteiger partial charge is 0.493 e. The summed E-state index contributed by atoms with van der Waals surface area (Å²) >= 11 is 0. The van der Waals surface area contributed by atoms with E-state index in [0.29, 0.717) is 18.7 Å². The van der Waals surface area contributed by atoms with Crippen molar-refractivity contribution in [2.75, 3.05) is 19.7 Å². The van der Waals surface area contributed by atoms with Crippen LogP contribution in [0, 0.1) is 0 Å². The number of benzene rings is 1. The van der Waals surface area contributed by atoms with Crippen molar-refractivity contribution in [1.29, 1.82) is 0 Å². The van der Waals surface area contributed by atoms with E-state index in [1.165, 1.54) is 25.8 Å². The standard InChI is InChI=1S/C18H25N3O2/c22-18(20-15-8-11-21-10-4-3-6-16(15)21)19-14-9-12-23-17-7-2-1-5-13(14)17/h1-2,5,7,14-16H,3-4,6,8-12H2,(H2,19,20,22). The van der Waals surface area contributed by atoms with Gasteiger partial charge in [0.25, 0.3) is 0 Å². The van der Waals surface area contributed by atoms with E-state index in [1.54, 1.807) is 0 Å². The third-order valence-electron chi connectivity index (χ3n) is 5.44. The van der Waals surface area contributed by atoms with Crippen molar-refractivity contribution >= 4 is 6.03 Å². The molecule has 2 amide bonds. The monoisotopic (exact) mass is 315 g/mol. The van der Waals surface area contributed by atoms with Crippen LogP contribution in [0.25, 0.3) is 0 Å². The SMILES string of the molecule is O=C(NC1CCOc2ccccc21)NC1CCN2CCCCC12. The first-order valence-electron chi connectivity index (χ1n) is 8.84. The van der Waals surface area contributed by atoms with Crippen LogP contribution in [-0.4, -0.2) is 42.7 Å². The average Bonchev–Trinajstić information content (AvgIpc) is 2.98. The zero-order valence-electron chi connectivity index (χ0n) is 13.5. The summed E-state index contributed by atoms with van der Waals surface area (Å²) in [4.78, 5) is 15.0. The van der Waals surface area contributed by atoms with Gasteiger partial charge in [-0.25, -0.2) is 4.79 Å². The van der Waals surface area contributed by atoms with Crippen LogP contribution in [-0.2, 0) is 0 Å². The lowest BCUT2D eigenvalue weighted by atomic mass is 9.99. The molecular formula is C18H25N3O2. The maximum atomic E-state index is 12.5. The van der Waals surface area contributed by atoms with Crippen LogP contribution < -0.4 is 15.4 Å². The summed E-state index contributed by atoms with van der Waals surface area (Å²) in [6.07, 6.45) is 5.70. The van der Waals surface area contributed by atoms with Gasteiger partial charge < -0.3 is 15.4 Å². The van der Waals surface area contributed by atoms with E-state index in [-0.39, 0.29) is 12.1 Å². The number of amides is 2. The molecule has 23 heavy (non-hydrogen) atoms. The minimum atomic E-state index is -0.0378. The number of piperidine rings is 1. The van der Waals surface area contributed by atoms with E-state index in [9.17, 15) is 4.79 Å². The molecule has 0 bridgehead atoms. The van der Waals surface area contributed by atoms with Gasteiger partial charge in [-0.2, -0.15) is 0 Å². The lowest BCUT2D eigenvalue weighted by Crippen LogP contribution is -2.50. The molecule has 0 radical (unpaired) electrons. The number of carbonyl (C=O) groups excluding carboxylic acids is 1. The van der Waals surface area contributed by atoms with Gasteiger partial charge in [-0.3, -0.25) is 4.90 Å². The molecule has 2 fully saturated rings. The number of carbonyl (C=O) groups is 1. The van der Waals surface area contributed by atoms with Gasteiger partial charge in [0.2, 0.25) is 0 Å². The van der Waals surface area contributed by atoms with E-state index >= 15 is 0 Å². The van der Waals surface area contributed by atoms with Gasteiger partial charge in [-0.05, 0) is 31.9 Å². The van der Waals surface area contributed by atoms with E-state index in [1.807, 2.05) is 24.3 Å². The Kier molecular flexibility index (Phi) is 4.12. The van der Waals surface area contributed by atoms with Crippen molar-refractivity contribution < 1.29 is 9.53 Å². The van der Waals surface area contributed by atoms with Crippen LogP contribution in [0.2, 0.25) is 0 Å². The van der Waals surface area contributed by atoms with Gasteiger partial charge in [-0.15, -0.1) is 0 Å². The first-order chi connectivity index (χ1) is 11.3. The van der Waals surface area contributed by atoms with E-state index in [0.717, 1.165) is 30.7 Å². The molecule has 2 saturated heterocycles. The molecule has 3 aliphatic rings. The number of fused-ring (bicyclic) bond motifs is 2. The second kappa shape index (κ2) is 6.40. The van der Waals surface area contributed by atoms with Crippen molar-refractivity contribution in [1.82, 2.24) is 15.5 Å². The van der Waals surface area contributed by atoms with Crippen molar-refractivity contribution in [2.45, 2.75) is 50.2 Å². The van der Waals surface area contributed by atoms with Crippen LogP contribution in [0.15, 0.2) is 24.3 Å². The highest BCUT2D eigenvalue weighted by molar-refractivity contribution is 5.75. The van der Waals surface area contributed by atoms with E-state index < -0.39 is 0 Å². The molecule has 0 aromatic heterocycles. The predicted molar refractivity (Wildman–Crippen MR) is 88.6 cm³/mol. The smallest absolute Gasteiger partial charge is 0.315 e. The van der Waals surface area contributed by atoms with Crippen LogP contribution in [0.1, 0.15) is 43.7 Å². The lowest BCUT2D eigenvalue weighted by Gasteiger charge is -2.33. The summed E-state index contributed by atoms with van der Waals surface area (Å²) < 4.78 is 5.66. The Morgan fingerprint density at radius 3 is 2.96 bits per heavy atom. The summed E-state index contributed by atoms with van der Waals surface area (Å²) in [7, 11) is 0. The third-order valence-corrected chi connectivity index (χ3v) is 5.44. The van der Waals surface area contributed by atoms with Gasteiger partial charge in [0, 0.05) is 30.6 Å². The Bertz CT molecular complexity index is 577. The van der Waals surface area contributed by atoms with Crippen LogP contribution >= 0.6 is 0 Å². The van der Waals surface area contributed by atoms with Gasteiger partial charge in [0.1, 0.15) is 5.75 Å². The first kappa shape index (κ1) is 14.8. The Labute approximate surface area is 137 Å². The molecule has 3 unspecified atom stereocenters. The summed E-state index contributed by atoms with van der Waals surface area (Å²) in [6.45, 7) is 2.97. The van der Waals surface area contributed by atoms with Crippen LogP contribution in [0.3, 0.4) is 0 Å². The Morgan fingerprint density at radius 1 is 1.09 bits per heavy atom. The van der Waals surface area contributed by atoms with E-state index in [2.05, 4.69) is 15.5 Å². The van der Waals surface area contributed by atoms with Crippen molar-refractivity contribution in [2.24, 2.45) is 0 Å². The number of hydrogen-bond donors (Lipinski definition) is 2. The average molecular weight is 315 g/mol. The summed E-state index contributed by atoms with van der Waals surface area (Å²) in [5, 5.41) is 6.37. The van der Waals surface area contributed by atoms with Crippen LogP contribution in [0.4, 0.5) is 4.79 Å². The molecule has 1 aromatic carbocycles. The summed E-state index contributed by atoms with van der Waals surface area (Å²) in [5.74, 6) is 0.892. The lowest BCUT2D eigenvalue weighted by molar-refractivity contribution is 0.177. The molecule has 3 heterocycles. The Morgan fingerprint density at radius 2 is 2.00 bits per heavy atom. The molecule has 2 N–H and O–H groups in total. The molecule has 124 valence electrons. The highest BCUT2D eigenvalue weighted by Crippen LogP contribution is 2.31. The molecule has 5 heteroatoms. The highest BCUT2D eigenvalue weighted by atomic mass is 16.5. The van der Waals surface area contributed by atoms with Gasteiger partial charge in [-0.1, -0.05) is 24.6 Å². The fraction of sp³-hybridized carbons (Fsp3) is 0.611. The first-order valence-corrected chi connectivity index (χ1v) is 8.84. The fourth-order valence-electron chi connectivity index (χ4n) is 4.28. The minimum absolute atomic E-state index is 0.0378. The summed E-state index contributed by atoms with van der Waals surface area (Å²) in [5.41, 5.74) is 1.08. The van der Waals surface area contributed by atoms with E-state index in [4.69, 9.17) is 4.74 Å². The molecule has 0 spiro atoms. The Balaban J connectivity index is 1.37. The number of rotatable bonds is 2. The van der Waals surface area contributed by atoms with Gasteiger partial charge >= 0.3 is 6.03 Å². The number of nitrogens with one attached hydrogen (secondary N) is 2. The minimum Gasteiger partial charge on any atom is -0.493 e. The topological polar surface area (TPSA) is 53.6 Å². The van der Waals surface area contributed by atoms with Crippen molar-refractivity contribution in [3.05, 3.63) is 29.8 Å². The second-order valence-corrected chi connectivity index (χ2v) is 6.84. The highest BCUT2D eigenvalue weighted by Gasteiger charge is 2.36. The molecular weight excluding hydrogens is 290 g/mol. The zero-order valence-corrected chi connectivity index (χ0v) is 13.5. The molecule has 3 aliphatic heterocycles. The summed E-state index contributed by atoms with van der Waals surface area (Å²) in [6, 6.07) is 8.82.